The fraction of sp³-hybridized carbons (Fsp3) is 0.600. The quantitative estimate of drug-likeness (QED) is 0.571. The lowest BCUT2D eigenvalue weighted by atomic mass is 9.84. The first-order chi connectivity index (χ1) is 5.09. The minimum atomic E-state index is -0.245. The van der Waals surface area contributed by atoms with Crippen LogP contribution in [0.25, 0.3) is 0 Å². The molecule has 0 bridgehead atoms. The highest BCUT2D eigenvalue weighted by Crippen LogP contribution is 2.28. The Morgan fingerprint density at radius 2 is 2.36 bits per heavy atom. The predicted molar refractivity (Wildman–Crippen MR) is 47.3 cm³/mol. The maximum absolute atomic E-state index is 9.38. The minimum Gasteiger partial charge on any atom is -0.389 e. The van der Waals surface area contributed by atoms with Crippen LogP contribution in [-0.2, 0) is 0 Å². The number of aliphatic hydroxyl groups is 1. The number of hydrogen-bond donors (Lipinski definition) is 1. The van der Waals surface area contributed by atoms with Crippen LogP contribution in [0.2, 0.25) is 0 Å². The lowest BCUT2D eigenvalue weighted by Crippen LogP contribution is -2.17. The molecule has 0 amide bonds. The van der Waals surface area contributed by atoms with E-state index in [0.717, 1.165) is 12.8 Å². The molecule has 0 aromatic rings. The Labute approximate surface area is 68.4 Å². The molecule has 0 aromatic heterocycles. The molecular formula is C10H16O. The maximum Gasteiger partial charge on any atom is 0.0729 e. The van der Waals surface area contributed by atoms with Crippen molar-refractivity contribution in [2.75, 3.05) is 0 Å². The van der Waals surface area contributed by atoms with Gasteiger partial charge in [0, 0.05) is 0 Å². The minimum absolute atomic E-state index is 0.245. The van der Waals surface area contributed by atoms with Gasteiger partial charge in [-0.2, -0.15) is 0 Å². The van der Waals surface area contributed by atoms with Crippen molar-refractivity contribution in [3.8, 4) is 0 Å². The molecule has 0 aromatic carbocycles. The Kier molecular flexibility index (Phi) is 2.50. The third-order valence-corrected chi connectivity index (χ3v) is 2.27. The Hall–Kier alpha value is -0.560. The van der Waals surface area contributed by atoms with Crippen molar-refractivity contribution in [1.82, 2.24) is 0 Å². The van der Waals surface area contributed by atoms with Gasteiger partial charge in [0.25, 0.3) is 0 Å². The zero-order valence-electron chi connectivity index (χ0n) is 7.30. The average molecular weight is 152 g/mol. The van der Waals surface area contributed by atoms with Crippen LogP contribution in [0.1, 0.15) is 26.7 Å². The SMILES string of the molecule is C=C(C)[C@H]1CC(C)=C[C@@H](O)C1. The van der Waals surface area contributed by atoms with Gasteiger partial charge >= 0.3 is 0 Å². The summed E-state index contributed by atoms with van der Waals surface area (Å²) >= 11 is 0. The zero-order valence-corrected chi connectivity index (χ0v) is 7.30. The van der Waals surface area contributed by atoms with Gasteiger partial charge < -0.3 is 5.11 Å². The monoisotopic (exact) mass is 152 g/mol. The van der Waals surface area contributed by atoms with Crippen LogP contribution in [0.3, 0.4) is 0 Å². The van der Waals surface area contributed by atoms with E-state index in [1.165, 1.54) is 11.1 Å². The van der Waals surface area contributed by atoms with Gasteiger partial charge in [0.15, 0.2) is 0 Å². The van der Waals surface area contributed by atoms with Crippen molar-refractivity contribution in [1.29, 1.82) is 0 Å². The molecular weight excluding hydrogens is 136 g/mol. The number of aliphatic hydroxyl groups excluding tert-OH is 1. The van der Waals surface area contributed by atoms with Crippen molar-refractivity contribution in [2.45, 2.75) is 32.8 Å². The molecule has 0 radical (unpaired) electrons. The maximum atomic E-state index is 9.38. The van der Waals surface area contributed by atoms with E-state index in [-0.39, 0.29) is 6.10 Å². The van der Waals surface area contributed by atoms with Gasteiger partial charge in [-0.25, -0.2) is 0 Å². The summed E-state index contributed by atoms with van der Waals surface area (Å²) in [5.74, 6) is 0.495. The van der Waals surface area contributed by atoms with Gasteiger partial charge in [-0.1, -0.05) is 23.8 Å². The van der Waals surface area contributed by atoms with E-state index in [1.54, 1.807) is 0 Å². The van der Waals surface area contributed by atoms with Crippen LogP contribution >= 0.6 is 0 Å². The lowest BCUT2D eigenvalue weighted by Gasteiger charge is -2.24. The first kappa shape index (κ1) is 8.54. The molecule has 2 atom stereocenters. The van der Waals surface area contributed by atoms with Gasteiger partial charge in [0.05, 0.1) is 6.10 Å². The predicted octanol–water partition coefficient (Wildman–Crippen LogP) is 2.28. The third-order valence-electron chi connectivity index (χ3n) is 2.27. The van der Waals surface area contributed by atoms with Crippen LogP contribution in [0, 0.1) is 5.92 Å². The second kappa shape index (κ2) is 3.22. The largest absolute Gasteiger partial charge is 0.389 e. The molecule has 0 aliphatic heterocycles. The summed E-state index contributed by atoms with van der Waals surface area (Å²) in [6, 6.07) is 0. The number of allylic oxidation sites excluding steroid dienone is 2. The Bertz CT molecular complexity index is 191. The molecule has 0 unspecified atom stereocenters. The van der Waals surface area contributed by atoms with E-state index in [9.17, 15) is 5.11 Å². The lowest BCUT2D eigenvalue weighted by molar-refractivity contribution is 0.184. The molecule has 1 rings (SSSR count). The molecule has 62 valence electrons. The average Bonchev–Trinajstić information content (AvgIpc) is 1.85. The second-order valence-electron chi connectivity index (χ2n) is 3.56. The van der Waals surface area contributed by atoms with E-state index in [1.807, 2.05) is 13.0 Å². The third kappa shape index (κ3) is 2.19. The highest BCUT2D eigenvalue weighted by atomic mass is 16.3. The smallest absolute Gasteiger partial charge is 0.0729 e. The molecule has 0 saturated heterocycles. The van der Waals surface area contributed by atoms with Crippen LogP contribution < -0.4 is 0 Å². The summed E-state index contributed by atoms with van der Waals surface area (Å²) in [6.07, 6.45) is 3.63. The zero-order chi connectivity index (χ0) is 8.43. The summed E-state index contributed by atoms with van der Waals surface area (Å²) in [5.41, 5.74) is 2.48. The van der Waals surface area contributed by atoms with Gasteiger partial charge in [-0.05, 0) is 32.6 Å². The fourth-order valence-electron chi connectivity index (χ4n) is 1.60. The summed E-state index contributed by atoms with van der Waals surface area (Å²) in [6.45, 7) is 8.01. The summed E-state index contributed by atoms with van der Waals surface area (Å²) in [5, 5.41) is 9.38. The van der Waals surface area contributed by atoms with Crippen molar-refractivity contribution < 1.29 is 5.11 Å². The van der Waals surface area contributed by atoms with Crippen LogP contribution in [0.4, 0.5) is 0 Å². The Balaban J connectivity index is 2.64. The van der Waals surface area contributed by atoms with E-state index >= 15 is 0 Å². The molecule has 1 N–H and O–H groups in total. The topological polar surface area (TPSA) is 20.2 Å². The molecule has 0 spiro atoms. The molecule has 0 saturated carbocycles. The Morgan fingerprint density at radius 1 is 1.73 bits per heavy atom. The first-order valence-electron chi connectivity index (χ1n) is 4.10. The standard InChI is InChI=1S/C10H16O/c1-7(2)9-4-8(3)5-10(11)6-9/h5,9-11H,1,4,6H2,2-3H3/t9-,10+/m0/s1. The molecule has 1 aliphatic rings. The first-order valence-corrected chi connectivity index (χ1v) is 4.10. The number of hydrogen-bond acceptors (Lipinski definition) is 1. The fourth-order valence-corrected chi connectivity index (χ4v) is 1.60. The van der Waals surface area contributed by atoms with E-state index in [0.29, 0.717) is 5.92 Å². The molecule has 1 nitrogen and oxygen atoms in total. The van der Waals surface area contributed by atoms with Gasteiger partial charge in [0.2, 0.25) is 0 Å². The van der Waals surface area contributed by atoms with E-state index in [2.05, 4.69) is 13.5 Å². The normalized spacial score (nSPS) is 31.4. The highest BCUT2D eigenvalue weighted by molar-refractivity contribution is 5.13. The van der Waals surface area contributed by atoms with Crippen molar-refractivity contribution >= 4 is 0 Å². The molecule has 11 heavy (non-hydrogen) atoms. The van der Waals surface area contributed by atoms with Crippen LogP contribution in [0.15, 0.2) is 23.8 Å². The van der Waals surface area contributed by atoms with E-state index in [4.69, 9.17) is 0 Å². The van der Waals surface area contributed by atoms with Crippen molar-refractivity contribution in [2.24, 2.45) is 5.92 Å². The molecule has 1 heteroatoms. The van der Waals surface area contributed by atoms with Crippen LogP contribution in [-0.4, -0.2) is 11.2 Å². The van der Waals surface area contributed by atoms with Gasteiger partial charge in [0.1, 0.15) is 0 Å². The van der Waals surface area contributed by atoms with Crippen molar-refractivity contribution in [3.05, 3.63) is 23.8 Å². The number of rotatable bonds is 1. The van der Waals surface area contributed by atoms with Gasteiger partial charge in [-0.15, -0.1) is 0 Å². The van der Waals surface area contributed by atoms with Gasteiger partial charge in [-0.3, -0.25) is 0 Å². The van der Waals surface area contributed by atoms with E-state index < -0.39 is 0 Å². The van der Waals surface area contributed by atoms with Crippen LogP contribution in [0.5, 0.6) is 0 Å². The second-order valence-corrected chi connectivity index (χ2v) is 3.56. The van der Waals surface area contributed by atoms with Crippen molar-refractivity contribution in [3.63, 3.8) is 0 Å². The highest BCUT2D eigenvalue weighted by Gasteiger charge is 2.18. The summed E-state index contributed by atoms with van der Waals surface area (Å²) in [7, 11) is 0. The Morgan fingerprint density at radius 3 is 2.82 bits per heavy atom. The summed E-state index contributed by atoms with van der Waals surface area (Å²) < 4.78 is 0. The summed E-state index contributed by atoms with van der Waals surface area (Å²) in [4.78, 5) is 0. The molecule has 0 heterocycles. The molecule has 1 aliphatic carbocycles. The molecule has 0 fully saturated rings.